The Bertz CT molecular complexity index is 364. The number of aliphatic hydroxyl groups is 1. The van der Waals surface area contributed by atoms with E-state index in [2.05, 4.69) is 42.7 Å². The summed E-state index contributed by atoms with van der Waals surface area (Å²) in [5.41, 5.74) is 4.05. The van der Waals surface area contributed by atoms with Crippen LogP contribution in [0.15, 0.2) is 18.2 Å². The molecule has 3 nitrogen and oxygen atoms in total. The third kappa shape index (κ3) is 3.69. The van der Waals surface area contributed by atoms with E-state index in [0.717, 1.165) is 26.2 Å². The Morgan fingerprint density at radius 2 is 1.94 bits per heavy atom. The first-order valence-corrected chi connectivity index (χ1v) is 6.33. The Labute approximate surface area is 115 Å². The molecule has 1 fully saturated rings. The Morgan fingerprint density at radius 1 is 1.28 bits per heavy atom. The largest absolute Gasteiger partial charge is 0.391 e. The SMILES string of the molecule is Cc1cccc(C)c1CNCC1CNCC1O.Cl. The lowest BCUT2D eigenvalue weighted by molar-refractivity contribution is 0.146. The molecule has 0 aromatic heterocycles. The second kappa shape index (κ2) is 7.10. The number of hydrogen-bond donors (Lipinski definition) is 3. The second-order valence-electron chi connectivity index (χ2n) is 4.99. The lowest BCUT2D eigenvalue weighted by atomic mass is 10.0. The molecule has 1 saturated heterocycles. The summed E-state index contributed by atoms with van der Waals surface area (Å²) in [6, 6.07) is 6.39. The summed E-state index contributed by atoms with van der Waals surface area (Å²) in [4.78, 5) is 0. The number of benzene rings is 1. The molecule has 0 radical (unpaired) electrons. The van der Waals surface area contributed by atoms with Gasteiger partial charge in [0.25, 0.3) is 0 Å². The van der Waals surface area contributed by atoms with Crippen LogP contribution in [0.5, 0.6) is 0 Å². The maximum absolute atomic E-state index is 9.69. The number of aliphatic hydroxyl groups excluding tert-OH is 1. The average Bonchev–Trinajstić information content (AvgIpc) is 2.69. The molecule has 102 valence electrons. The van der Waals surface area contributed by atoms with Gasteiger partial charge in [-0.25, -0.2) is 0 Å². The van der Waals surface area contributed by atoms with Gasteiger partial charge in [-0.3, -0.25) is 0 Å². The first-order valence-electron chi connectivity index (χ1n) is 6.33. The van der Waals surface area contributed by atoms with E-state index in [1.54, 1.807) is 0 Å². The first-order chi connectivity index (χ1) is 8.18. The maximum atomic E-state index is 9.69. The zero-order valence-corrected chi connectivity index (χ0v) is 11.9. The summed E-state index contributed by atoms with van der Waals surface area (Å²) >= 11 is 0. The molecule has 1 aromatic rings. The summed E-state index contributed by atoms with van der Waals surface area (Å²) in [5.74, 6) is 0.347. The highest BCUT2D eigenvalue weighted by atomic mass is 35.5. The van der Waals surface area contributed by atoms with Crippen molar-refractivity contribution in [1.29, 1.82) is 0 Å². The number of β-amino-alcohol motifs (C(OH)–C–C–N with tert-alkyl or cyclic N) is 1. The molecule has 0 spiro atoms. The highest BCUT2D eigenvalue weighted by Crippen LogP contribution is 2.13. The topological polar surface area (TPSA) is 44.3 Å². The predicted octanol–water partition coefficient (Wildman–Crippen LogP) is 1.40. The highest BCUT2D eigenvalue weighted by Gasteiger charge is 2.24. The molecule has 2 atom stereocenters. The van der Waals surface area contributed by atoms with E-state index < -0.39 is 0 Å². The molecule has 1 aliphatic rings. The summed E-state index contributed by atoms with van der Waals surface area (Å²) < 4.78 is 0. The van der Waals surface area contributed by atoms with Crippen LogP contribution in [-0.2, 0) is 6.54 Å². The van der Waals surface area contributed by atoms with Gasteiger partial charge in [0.05, 0.1) is 6.10 Å². The van der Waals surface area contributed by atoms with Crippen LogP contribution in [0, 0.1) is 19.8 Å². The number of halogens is 1. The van der Waals surface area contributed by atoms with Crippen LogP contribution in [0.1, 0.15) is 16.7 Å². The Morgan fingerprint density at radius 3 is 2.50 bits per heavy atom. The van der Waals surface area contributed by atoms with Gasteiger partial charge >= 0.3 is 0 Å². The molecule has 1 aliphatic heterocycles. The molecule has 2 unspecified atom stereocenters. The second-order valence-corrected chi connectivity index (χ2v) is 4.99. The van der Waals surface area contributed by atoms with Crippen LogP contribution in [-0.4, -0.2) is 30.8 Å². The molecule has 4 heteroatoms. The lowest BCUT2D eigenvalue weighted by Gasteiger charge is -2.16. The molecule has 1 aromatic carbocycles. The number of nitrogens with one attached hydrogen (secondary N) is 2. The predicted molar refractivity (Wildman–Crippen MR) is 77.2 cm³/mol. The zero-order valence-electron chi connectivity index (χ0n) is 11.1. The fourth-order valence-electron chi connectivity index (χ4n) is 2.44. The number of aryl methyl sites for hydroxylation is 2. The van der Waals surface area contributed by atoms with Gasteiger partial charge in [0.15, 0.2) is 0 Å². The van der Waals surface area contributed by atoms with E-state index in [1.165, 1.54) is 16.7 Å². The lowest BCUT2D eigenvalue weighted by Crippen LogP contribution is -2.30. The summed E-state index contributed by atoms with van der Waals surface area (Å²) in [7, 11) is 0. The van der Waals surface area contributed by atoms with Crippen LogP contribution in [0.4, 0.5) is 0 Å². The quantitative estimate of drug-likeness (QED) is 0.775. The highest BCUT2D eigenvalue weighted by molar-refractivity contribution is 5.85. The fraction of sp³-hybridized carbons (Fsp3) is 0.571. The molecule has 3 N–H and O–H groups in total. The van der Waals surface area contributed by atoms with Crippen molar-refractivity contribution in [3.63, 3.8) is 0 Å². The van der Waals surface area contributed by atoms with Crippen molar-refractivity contribution in [2.24, 2.45) is 5.92 Å². The van der Waals surface area contributed by atoms with E-state index in [4.69, 9.17) is 0 Å². The van der Waals surface area contributed by atoms with Crippen molar-refractivity contribution in [1.82, 2.24) is 10.6 Å². The van der Waals surface area contributed by atoms with Crippen LogP contribution in [0.2, 0.25) is 0 Å². The van der Waals surface area contributed by atoms with Crippen molar-refractivity contribution in [2.45, 2.75) is 26.5 Å². The van der Waals surface area contributed by atoms with Gasteiger partial charge < -0.3 is 15.7 Å². The van der Waals surface area contributed by atoms with Crippen molar-refractivity contribution >= 4 is 12.4 Å². The van der Waals surface area contributed by atoms with Crippen LogP contribution in [0.25, 0.3) is 0 Å². The maximum Gasteiger partial charge on any atom is 0.0716 e. The van der Waals surface area contributed by atoms with Gasteiger partial charge in [0, 0.05) is 32.1 Å². The minimum atomic E-state index is -0.194. The first kappa shape index (κ1) is 15.4. The average molecular weight is 271 g/mol. The Balaban J connectivity index is 0.00000162. The summed E-state index contributed by atoms with van der Waals surface area (Å²) in [6.45, 7) is 7.71. The summed E-state index contributed by atoms with van der Waals surface area (Å²) in [6.07, 6.45) is -0.194. The number of hydrogen-bond acceptors (Lipinski definition) is 3. The molecule has 18 heavy (non-hydrogen) atoms. The molecule has 0 bridgehead atoms. The molecular formula is C14H23ClN2O. The van der Waals surface area contributed by atoms with Crippen molar-refractivity contribution in [3.05, 3.63) is 34.9 Å². The van der Waals surface area contributed by atoms with E-state index in [1.807, 2.05) is 0 Å². The van der Waals surface area contributed by atoms with E-state index in [-0.39, 0.29) is 18.5 Å². The Hall–Kier alpha value is -0.610. The monoisotopic (exact) mass is 270 g/mol. The van der Waals surface area contributed by atoms with E-state index >= 15 is 0 Å². The zero-order chi connectivity index (χ0) is 12.3. The van der Waals surface area contributed by atoms with Crippen LogP contribution in [0.3, 0.4) is 0 Å². The smallest absolute Gasteiger partial charge is 0.0716 e. The van der Waals surface area contributed by atoms with Gasteiger partial charge in [0.2, 0.25) is 0 Å². The minimum absolute atomic E-state index is 0. The molecule has 0 amide bonds. The van der Waals surface area contributed by atoms with E-state index in [9.17, 15) is 5.11 Å². The molecule has 1 heterocycles. The van der Waals surface area contributed by atoms with Crippen molar-refractivity contribution in [3.8, 4) is 0 Å². The number of rotatable bonds is 4. The van der Waals surface area contributed by atoms with Gasteiger partial charge in [-0.15, -0.1) is 12.4 Å². The third-order valence-electron chi connectivity index (χ3n) is 3.66. The van der Waals surface area contributed by atoms with Crippen molar-refractivity contribution in [2.75, 3.05) is 19.6 Å². The van der Waals surface area contributed by atoms with Crippen LogP contribution >= 0.6 is 12.4 Å². The fourth-order valence-corrected chi connectivity index (χ4v) is 2.44. The Kier molecular flexibility index (Phi) is 6.09. The van der Waals surface area contributed by atoms with Gasteiger partial charge in [-0.2, -0.15) is 0 Å². The van der Waals surface area contributed by atoms with Crippen LogP contribution < -0.4 is 10.6 Å². The molecule has 2 rings (SSSR count). The summed E-state index contributed by atoms with van der Waals surface area (Å²) in [5, 5.41) is 16.4. The molecule has 0 saturated carbocycles. The van der Waals surface area contributed by atoms with Gasteiger partial charge in [-0.1, -0.05) is 18.2 Å². The van der Waals surface area contributed by atoms with E-state index in [0.29, 0.717) is 5.92 Å². The third-order valence-corrected chi connectivity index (χ3v) is 3.66. The molecular weight excluding hydrogens is 248 g/mol. The standard InChI is InChI=1S/C14H22N2O.ClH/c1-10-4-3-5-11(2)13(10)8-15-6-12-7-16-9-14(12)17;/h3-5,12,14-17H,6-9H2,1-2H3;1H. The normalized spacial score (nSPS) is 22.8. The van der Waals surface area contributed by atoms with Gasteiger partial charge in [-0.05, 0) is 30.5 Å². The molecule has 0 aliphatic carbocycles. The van der Waals surface area contributed by atoms with Gasteiger partial charge in [0.1, 0.15) is 0 Å². The van der Waals surface area contributed by atoms with Crippen molar-refractivity contribution < 1.29 is 5.11 Å². The minimum Gasteiger partial charge on any atom is -0.391 e.